The van der Waals surface area contributed by atoms with Crippen molar-refractivity contribution in [3.05, 3.63) is 17.5 Å². The minimum Gasteiger partial charge on any atom is -0.394 e. The molecule has 1 rings (SSSR count). The molecule has 56 valence electrons. The molecule has 0 unspecified atom stereocenters. The van der Waals surface area contributed by atoms with Crippen molar-refractivity contribution in [1.82, 2.24) is 5.16 Å². The maximum absolute atomic E-state index is 8.59. The van der Waals surface area contributed by atoms with Crippen molar-refractivity contribution in [2.75, 3.05) is 6.61 Å². The fourth-order valence-corrected chi connectivity index (χ4v) is 0.654. The Balaban J connectivity index is 2.74. The van der Waals surface area contributed by atoms with Crippen molar-refractivity contribution >= 4 is 0 Å². The van der Waals surface area contributed by atoms with E-state index in [1.54, 1.807) is 13.0 Å². The summed E-state index contributed by atoms with van der Waals surface area (Å²) in [5.41, 5.74) is 6.03. The Morgan fingerprint density at radius 3 is 3.00 bits per heavy atom. The summed E-state index contributed by atoms with van der Waals surface area (Å²) in [5, 5.41) is 12.2. The summed E-state index contributed by atoms with van der Waals surface area (Å²) in [6.07, 6.45) is 0. The molecule has 0 aliphatic rings. The van der Waals surface area contributed by atoms with Crippen LogP contribution in [0.5, 0.6) is 0 Å². The minimum absolute atomic E-state index is 0.105. The lowest BCUT2D eigenvalue weighted by atomic mass is 10.2. The summed E-state index contributed by atoms with van der Waals surface area (Å²) in [4.78, 5) is 0. The zero-order valence-corrected chi connectivity index (χ0v) is 5.74. The highest BCUT2D eigenvalue weighted by molar-refractivity contribution is 5.07. The first-order valence-electron chi connectivity index (χ1n) is 3.03. The smallest absolute Gasteiger partial charge is 0.133 e. The molecule has 0 fully saturated rings. The van der Waals surface area contributed by atoms with Crippen LogP contribution in [-0.2, 0) is 0 Å². The third-order valence-electron chi connectivity index (χ3n) is 1.22. The molecule has 0 aliphatic carbocycles. The average Bonchev–Trinajstić information content (AvgIpc) is 2.34. The van der Waals surface area contributed by atoms with Crippen molar-refractivity contribution in [2.24, 2.45) is 5.73 Å². The van der Waals surface area contributed by atoms with Gasteiger partial charge in [-0.25, -0.2) is 0 Å². The second-order valence-electron chi connectivity index (χ2n) is 2.15. The van der Waals surface area contributed by atoms with Crippen LogP contribution < -0.4 is 5.73 Å². The van der Waals surface area contributed by atoms with Crippen molar-refractivity contribution in [3.63, 3.8) is 0 Å². The predicted molar refractivity (Wildman–Crippen MR) is 35.3 cm³/mol. The molecule has 1 aromatic heterocycles. The van der Waals surface area contributed by atoms with Crippen LogP contribution in [0.4, 0.5) is 0 Å². The van der Waals surface area contributed by atoms with Crippen LogP contribution >= 0.6 is 0 Å². The summed E-state index contributed by atoms with van der Waals surface area (Å²) >= 11 is 0. The van der Waals surface area contributed by atoms with Crippen molar-refractivity contribution in [3.8, 4) is 0 Å². The summed E-state index contributed by atoms with van der Waals surface area (Å²) in [6.45, 7) is 1.67. The molecule has 0 saturated carbocycles. The molecule has 0 spiro atoms. The van der Waals surface area contributed by atoms with Gasteiger partial charge in [0.2, 0.25) is 0 Å². The molecule has 4 nitrogen and oxygen atoms in total. The molecule has 1 atom stereocenters. The maximum atomic E-state index is 8.59. The zero-order chi connectivity index (χ0) is 7.56. The van der Waals surface area contributed by atoms with Crippen molar-refractivity contribution in [1.29, 1.82) is 0 Å². The van der Waals surface area contributed by atoms with Gasteiger partial charge in [-0.15, -0.1) is 0 Å². The molecule has 1 heterocycles. The number of rotatable bonds is 2. The molecule has 3 N–H and O–H groups in total. The highest BCUT2D eigenvalue weighted by atomic mass is 16.5. The molecule has 4 heteroatoms. The van der Waals surface area contributed by atoms with Crippen molar-refractivity contribution in [2.45, 2.75) is 13.0 Å². The number of aromatic nitrogens is 1. The molecule has 0 bridgehead atoms. The summed E-state index contributed by atoms with van der Waals surface area (Å²) in [5.74, 6) is 0.707. The first kappa shape index (κ1) is 7.24. The van der Waals surface area contributed by atoms with Crippen LogP contribution in [0.25, 0.3) is 0 Å². The van der Waals surface area contributed by atoms with Crippen LogP contribution in [0.1, 0.15) is 17.5 Å². The standard InChI is InChI=1S/C6H10N2O2/c1-4-2-6(8-10-4)5(7)3-9/h2,5,9H,3,7H2,1H3/t5-/m1/s1. The Hall–Kier alpha value is -0.870. The van der Waals surface area contributed by atoms with Gasteiger partial charge in [-0.1, -0.05) is 5.16 Å². The quantitative estimate of drug-likeness (QED) is 0.608. The van der Waals surface area contributed by atoms with E-state index in [9.17, 15) is 0 Å². The van der Waals surface area contributed by atoms with E-state index in [1.807, 2.05) is 0 Å². The Bertz CT molecular complexity index is 209. The number of hydrogen-bond acceptors (Lipinski definition) is 4. The number of aliphatic hydroxyl groups is 1. The lowest BCUT2D eigenvalue weighted by Gasteiger charge is -1.99. The van der Waals surface area contributed by atoms with E-state index in [4.69, 9.17) is 15.4 Å². The van der Waals surface area contributed by atoms with Crippen LogP contribution in [0.2, 0.25) is 0 Å². The Kier molecular flexibility index (Phi) is 2.03. The molecular formula is C6H10N2O2. The summed E-state index contributed by atoms with van der Waals surface area (Å²) < 4.78 is 4.75. The Morgan fingerprint density at radius 2 is 2.60 bits per heavy atom. The van der Waals surface area contributed by atoms with E-state index in [-0.39, 0.29) is 6.61 Å². The number of nitrogens with zero attached hydrogens (tertiary/aromatic N) is 1. The topological polar surface area (TPSA) is 72.3 Å². The van der Waals surface area contributed by atoms with E-state index in [0.717, 1.165) is 0 Å². The van der Waals surface area contributed by atoms with Crippen molar-refractivity contribution < 1.29 is 9.63 Å². The Morgan fingerprint density at radius 1 is 1.90 bits per heavy atom. The summed E-state index contributed by atoms with van der Waals surface area (Å²) in [7, 11) is 0. The second kappa shape index (κ2) is 2.81. The van der Waals surface area contributed by atoms with Gasteiger partial charge in [-0.2, -0.15) is 0 Å². The highest BCUT2D eigenvalue weighted by Crippen LogP contribution is 2.08. The van der Waals surface area contributed by atoms with Crippen LogP contribution in [0.15, 0.2) is 10.6 Å². The lowest BCUT2D eigenvalue weighted by molar-refractivity contribution is 0.261. The van der Waals surface area contributed by atoms with Crippen LogP contribution in [-0.4, -0.2) is 16.9 Å². The molecule has 0 radical (unpaired) electrons. The first-order chi connectivity index (χ1) is 4.74. The van der Waals surface area contributed by atoms with Gasteiger partial charge in [0, 0.05) is 6.07 Å². The van der Waals surface area contributed by atoms with Gasteiger partial charge in [0.25, 0.3) is 0 Å². The molecule has 1 aromatic rings. The summed E-state index contributed by atoms with van der Waals surface area (Å²) in [6, 6.07) is 1.29. The van der Waals surface area contributed by atoms with Gasteiger partial charge in [0.1, 0.15) is 11.5 Å². The van der Waals surface area contributed by atoms with Gasteiger partial charge in [-0.05, 0) is 6.92 Å². The van der Waals surface area contributed by atoms with E-state index in [0.29, 0.717) is 11.5 Å². The third kappa shape index (κ3) is 1.34. The largest absolute Gasteiger partial charge is 0.394 e. The molecular weight excluding hydrogens is 132 g/mol. The molecule has 0 aromatic carbocycles. The minimum atomic E-state index is -0.419. The SMILES string of the molecule is Cc1cc([C@H](N)CO)no1. The van der Waals surface area contributed by atoms with Gasteiger partial charge in [0.05, 0.1) is 12.6 Å². The van der Waals surface area contributed by atoms with E-state index in [2.05, 4.69) is 5.16 Å². The van der Waals surface area contributed by atoms with Gasteiger partial charge in [0.15, 0.2) is 0 Å². The molecule has 0 amide bonds. The van der Waals surface area contributed by atoms with Gasteiger partial charge >= 0.3 is 0 Å². The lowest BCUT2D eigenvalue weighted by Crippen LogP contribution is -2.14. The van der Waals surface area contributed by atoms with E-state index >= 15 is 0 Å². The number of hydrogen-bond donors (Lipinski definition) is 2. The third-order valence-corrected chi connectivity index (χ3v) is 1.22. The van der Waals surface area contributed by atoms with E-state index in [1.165, 1.54) is 0 Å². The number of aryl methyl sites for hydroxylation is 1. The van der Waals surface area contributed by atoms with E-state index < -0.39 is 6.04 Å². The van der Waals surface area contributed by atoms with Gasteiger partial charge in [-0.3, -0.25) is 0 Å². The molecule has 0 saturated heterocycles. The number of nitrogens with two attached hydrogens (primary N) is 1. The fraction of sp³-hybridized carbons (Fsp3) is 0.500. The monoisotopic (exact) mass is 142 g/mol. The number of aliphatic hydroxyl groups excluding tert-OH is 1. The zero-order valence-electron chi connectivity index (χ0n) is 5.74. The predicted octanol–water partition coefficient (Wildman–Crippen LogP) is -0.0249. The molecule has 0 aliphatic heterocycles. The first-order valence-corrected chi connectivity index (χ1v) is 3.03. The normalized spacial score (nSPS) is 13.5. The Labute approximate surface area is 58.6 Å². The fourth-order valence-electron chi connectivity index (χ4n) is 0.654. The second-order valence-corrected chi connectivity index (χ2v) is 2.15. The average molecular weight is 142 g/mol. The van der Waals surface area contributed by atoms with Gasteiger partial charge < -0.3 is 15.4 Å². The van der Waals surface area contributed by atoms with Crippen LogP contribution in [0.3, 0.4) is 0 Å². The van der Waals surface area contributed by atoms with Crippen LogP contribution in [0, 0.1) is 6.92 Å². The maximum Gasteiger partial charge on any atom is 0.133 e. The highest BCUT2D eigenvalue weighted by Gasteiger charge is 2.07. The molecule has 10 heavy (non-hydrogen) atoms.